The van der Waals surface area contributed by atoms with Crippen molar-refractivity contribution in [3.63, 3.8) is 0 Å². The third-order valence-corrected chi connectivity index (χ3v) is 4.62. The molecule has 0 heterocycles. The van der Waals surface area contributed by atoms with Crippen molar-refractivity contribution in [1.29, 1.82) is 0 Å². The van der Waals surface area contributed by atoms with E-state index < -0.39 is 0 Å². The molecule has 1 aromatic rings. The van der Waals surface area contributed by atoms with E-state index in [-0.39, 0.29) is 23.7 Å². The highest BCUT2D eigenvalue weighted by Crippen LogP contribution is 2.26. The second-order valence-electron chi connectivity index (χ2n) is 5.11. The quantitative estimate of drug-likeness (QED) is 0.342. The first-order chi connectivity index (χ1) is 9.52. The first-order valence-electron chi connectivity index (χ1n) is 6.57. The first kappa shape index (κ1) is 14.8. The van der Waals surface area contributed by atoms with Gasteiger partial charge in [0.15, 0.2) is 0 Å². The number of benzene rings is 1. The highest BCUT2D eigenvalue weighted by atomic mass is 79.9. The molecule has 2 atom stereocenters. The summed E-state index contributed by atoms with van der Waals surface area (Å²) in [5.41, 5.74) is 7.35. The number of hydrogen-bond acceptors (Lipinski definition) is 3. The number of nitrogens with one attached hydrogen (secondary N) is 1. The lowest BCUT2D eigenvalue weighted by Crippen LogP contribution is -2.42. The van der Waals surface area contributed by atoms with Crippen molar-refractivity contribution in [3.05, 3.63) is 33.8 Å². The SMILES string of the molecule is Cc1ccc(C(=O)NC2CCCC2/C(N)=N/O)cc1Br. The zero-order valence-electron chi connectivity index (χ0n) is 11.3. The van der Waals surface area contributed by atoms with E-state index >= 15 is 0 Å². The highest BCUT2D eigenvalue weighted by Gasteiger charge is 2.31. The summed E-state index contributed by atoms with van der Waals surface area (Å²) in [6.45, 7) is 1.97. The molecule has 108 valence electrons. The fourth-order valence-corrected chi connectivity index (χ4v) is 2.93. The number of nitrogens with zero attached hydrogens (tertiary/aromatic N) is 1. The Balaban J connectivity index is 2.09. The molecule has 4 N–H and O–H groups in total. The zero-order chi connectivity index (χ0) is 14.7. The van der Waals surface area contributed by atoms with Crippen LogP contribution < -0.4 is 11.1 Å². The summed E-state index contributed by atoms with van der Waals surface area (Å²) in [4.78, 5) is 12.2. The van der Waals surface area contributed by atoms with Crippen LogP contribution in [0.3, 0.4) is 0 Å². The van der Waals surface area contributed by atoms with Gasteiger partial charge in [0.25, 0.3) is 5.91 Å². The van der Waals surface area contributed by atoms with E-state index in [1.54, 1.807) is 12.1 Å². The molecule has 1 fully saturated rings. The van der Waals surface area contributed by atoms with Crippen molar-refractivity contribution < 1.29 is 10.0 Å². The van der Waals surface area contributed by atoms with Gasteiger partial charge in [0, 0.05) is 22.0 Å². The maximum atomic E-state index is 12.2. The van der Waals surface area contributed by atoms with Gasteiger partial charge in [-0.15, -0.1) is 0 Å². The van der Waals surface area contributed by atoms with E-state index in [0.29, 0.717) is 5.56 Å². The third-order valence-electron chi connectivity index (χ3n) is 3.76. The van der Waals surface area contributed by atoms with Gasteiger partial charge in [-0.3, -0.25) is 4.79 Å². The minimum Gasteiger partial charge on any atom is -0.409 e. The topological polar surface area (TPSA) is 87.7 Å². The van der Waals surface area contributed by atoms with E-state index in [9.17, 15) is 4.79 Å². The van der Waals surface area contributed by atoms with Crippen LogP contribution in [0.1, 0.15) is 35.2 Å². The Morgan fingerprint density at radius 3 is 2.90 bits per heavy atom. The number of halogens is 1. The van der Waals surface area contributed by atoms with Crippen LogP contribution in [-0.2, 0) is 0 Å². The molecule has 0 radical (unpaired) electrons. The number of carbonyl (C=O) groups is 1. The number of hydrogen-bond donors (Lipinski definition) is 3. The molecule has 6 heteroatoms. The largest absolute Gasteiger partial charge is 0.409 e. The summed E-state index contributed by atoms with van der Waals surface area (Å²) in [6, 6.07) is 5.42. The highest BCUT2D eigenvalue weighted by molar-refractivity contribution is 9.10. The molecule has 0 aliphatic heterocycles. The van der Waals surface area contributed by atoms with Crippen LogP contribution in [0.2, 0.25) is 0 Å². The van der Waals surface area contributed by atoms with Crippen molar-refractivity contribution in [1.82, 2.24) is 5.32 Å². The molecular weight excluding hydrogens is 322 g/mol. The number of nitrogens with two attached hydrogens (primary N) is 1. The minimum absolute atomic E-state index is 0.0709. The van der Waals surface area contributed by atoms with Gasteiger partial charge in [-0.05, 0) is 37.5 Å². The van der Waals surface area contributed by atoms with Crippen LogP contribution >= 0.6 is 15.9 Å². The fraction of sp³-hybridized carbons (Fsp3) is 0.429. The Bertz CT molecular complexity index is 545. The van der Waals surface area contributed by atoms with E-state index in [1.807, 2.05) is 13.0 Å². The van der Waals surface area contributed by atoms with Crippen molar-refractivity contribution in [2.45, 2.75) is 32.2 Å². The molecule has 1 aliphatic carbocycles. The molecule has 2 unspecified atom stereocenters. The lowest BCUT2D eigenvalue weighted by Gasteiger charge is -2.20. The van der Waals surface area contributed by atoms with E-state index in [0.717, 1.165) is 29.3 Å². The summed E-state index contributed by atoms with van der Waals surface area (Å²) in [6.07, 6.45) is 2.64. The van der Waals surface area contributed by atoms with Gasteiger partial charge in [-0.2, -0.15) is 0 Å². The number of carbonyl (C=O) groups excluding carboxylic acids is 1. The monoisotopic (exact) mass is 339 g/mol. The number of oxime groups is 1. The Labute approximate surface area is 126 Å². The minimum atomic E-state index is -0.131. The standard InChI is InChI=1S/C14H18BrN3O2/c1-8-5-6-9(7-11(8)15)14(19)17-12-4-2-3-10(12)13(16)18-20/h5-7,10,12,20H,2-4H2,1H3,(H2,16,18)(H,17,19). The lowest BCUT2D eigenvalue weighted by atomic mass is 10.0. The summed E-state index contributed by atoms with van der Waals surface area (Å²) < 4.78 is 0.907. The molecule has 0 bridgehead atoms. The maximum Gasteiger partial charge on any atom is 0.251 e. The normalized spacial score (nSPS) is 22.8. The molecule has 5 nitrogen and oxygen atoms in total. The van der Waals surface area contributed by atoms with Gasteiger partial charge in [-0.25, -0.2) is 0 Å². The van der Waals surface area contributed by atoms with Gasteiger partial charge in [0.1, 0.15) is 5.84 Å². The van der Waals surface area contributed by atoms with Crippen molar-refractivity contribution in [3.8, 4) is 0 Å². The predicted octanol–water partition coefficient (Wildman–Crippen LogP) is 2.40. The number of amides is 1. The van der Waals surface area contributed by atoms with Crippen LogP contribution in [0.4, 0.5) is 0 Å². The Hall–Kier alpha value is -1.56. The number of rotatable bonds is 3. The Morgan fingerprint density at radius 1 is 1.50 bits per heavy atom. The van der Waals surface area contributed by atoms with Crippen LogP contribution in [0.15, 0.2) is 27.8 Å². The summed E-state index contributed by atoms with van der Waals surface area (Å²) in [5, 5.41) is 14.8. The lowest BCUT2D eigenvalue weighted by molar-refractivity contribution is 0.0933. The molecule has 0 spiro atoms. The molecule has 20 heavy (non-hydrogen) atoms. The molecule has 1 saturated carbocycles. The molecule has 1 aromatic carbocycles. The van der Waals surface area contributed by atoms with Crippen molar-refractivity contribution in [2.75, 3.05) is 0 Å². The molecule has 2 rings (SSSR count). The van der Waals surface area contributed by atoms with E-state index in [1.165, 1.54) is 0 Å². The second kappa shape index (κ2) is 6.26. The van der Waals surface area contributed by atoms with Gasteiger partial charge >= 0.3 is 0 Å². The van der Waals surface area contributed by atoms with Gasteiger partial charge < -0.3 is 16.3 Å². The van der Waals surface area contributed by atoms with Crippen LogP contribution in [0.25, 0.3) is 0 Å². The second-order valence-corrected chi connectivity index (χ2v) is 5.96. The predicted molar refractivity (Wildman–Crippen MR) is 80.9 cm³/mol. The average Bonchev–Trinajstić information content (AvgIpc) is 2.89. The molecule has 1 amide bonds. The molecule has 0 saturated heterocycles. The maximum absolute atomic E-state index is 12.2. The number of amidine groups is 1. The Kier molecular flexibility index (Phi) is 4.65. The molecule has 0 aromatic heterocycles. The fourth-order valence-electron chi connectivity index (χ4n) is 2.55. The number of aryl methyl sites for hydroxylation is 1. The van der Waals surface area contributed by atoms with Crippen molar-refractivity contribution in [2.24, 2.45) is 16.8 Å². The van der Waals surface area contributed by atoms with E-state index in [2.05, 4.69) is 26.4 Å². The van der Waals surface area contributed by atoms with Crippen LogP contribution in [0, 0.1) is 12.8 Å². The van der Waals surface area contributed by atoms with Crippen LogP contribution in [-0.4, -0.2) is 23.0 Å². The zero-order valence-corrected chi connectivity index (χ0v) is 12.9. The van der Waals surface area contributed by atoms with E-state index in [4.69, 9.17) is 10.9 Å². The third kappa shape index (κ3) is 3.12. The van der Waals surface area contributed by atoms with Crippen LogP contribution in [0.5, 0.6) is 0 Å². The molecule has 1 aliphatic rings. The summed E-state index contributed by atoms with van der Waals surface area (Å²) >= 11 is 3.42. The summed E-state index contributed by atoms with van der Waals surface area (Å²) in [7, 11) is 0. The van der Waals surface area contributed by atoms with Gasteiger partial charge in [-0.1, -0.05) is 33.6 Å². The van der Waals surface area contributed by atoms with Gasteiger partial charge in [0.2, 0.25) is 0 Å². The smallest absolute Gasteiger partial charge is 0.251 e. The Morgan fingerprint density at radius 2 is 2.25 bits per heavy atom. The summed E-state index contributed by atoms with van der Waals surface area (Å²) in [5.74, 6) is -0.0240. The average molecular weight is 340 g/mol. The van der Waals surface area contributed by atoms with Gasteiger partial charge in [0.05, 0.1) is 0 Å². The molecular formula is C14H18BrN3O2. The first-order valence-corrected chi connectivity index (χ1v) is 7.36. The van der Waals surface area contributed by atoms with Crippen molar-refractivity contribution >= 4 is 27.7 Å².